The van der Waals surface area contributed by atoms with Crippen LogP contribution in [0.15, 0.2) is 54.7 Å². The maximum Gasteiger partial charge on any atom is 0.227 e. The third-order valence-electron chi connectivity index (χ3n) is 5.23. The summed E-state index contributed by atoms with van der Waals surface area (Å²) >= 11 is 0. The zero-order valence-corrected chi connectivity index (χ0v) is 14.9. The predicted molar refractivity (Wildman–Crippen MR) is 102 cm³/mol. The number of benzene rings is 2. The molecular formula is C22H22N2O2. The van der Waals surface area contributed by atoms with Gasteiger partial charge in [-0.1, -0.05) is 48.0 Å². The number of ketones is 1. The van der Waals surface area contributed by atoms with Gasteiger partial charge in [0.15, 0.2) is 5.78 Å². The van der Waals surface area contributed by atoms with Crippen LogP contribution in [0.1, 0.15) is 34.3 Å². The molecule has 26 heavy (non-hydrogen) atoms. The average molecular weight is 346 g/mol. The molecule has 132 valence electrons. The topological polar surface area (TPSA) is 53.2 Å². The van der Waals surface area contributed by atoms with Gasteiger partial charge in [0.25, 0.3) is 0 Å². The molecule has 4 heteroatoms. The Kier molecular flexibility index (Phi) is 4.33. The van der Waals surface area contributed by atoms with Gasteiger partial charge in [-0.3, -0.25) is 9.59 Å². The molecule has 1 amide bonds. The van der Waals surface area contributed by atoms with Crippen LogP contribution in [0.5, 0.6) is 0 Å². The SMILES string of the molecule is Cc1ccc(C(=O)C2CCCN2C(=O)Cc2c[nH]c3ccccc23)cc1. The van der Waals surface area contributed by atoms with Crippen molar-refractivity contribution >= 4 is 22.6 Å². The fourth-order valence-corrected chi connectivity index (χ4v) is 3.79. The van der Waals surface area contributed by atoms with Crippen LogP contribution < -0.4 is 0 Å². The minimum atomic E-state index is -0.338. The molecule has 0 bridgehead atoms. The molecule has 4 rings (SSSR count). The maximum absolute atomic E-state index is 12.9. The summed E-state index contributed by atoms with van der Waals surface area (Å²) in [6.45, 7) is 2.66. The number of para-hydroxylation sites is 1. The van der Waals surface area contributed by atoms with Crippen LogP contribution in [0.25, 0.3) is 10.9 Å². The van der Waals surface area contributed by atoms with E-state index in [0.717, 1.165) is 34.9 Å². The van der Waals surface area contributed by atoms with Gasteiger partial charge < -0.3 is 9.88 Å². The number of nitrogens with zero attached hydrogens (tertiary/aromatic N) is 1. The number of nitrogens with one attached hydrogen (secondary N) is 1. The second-order valence-corrected chi connectivity index (χ2v) is 7.01. The Labute approximate surface area is 152 Å². The van der Waals surface area contributed by atoms with Crippen molar-refractivity contribution in [1.82, 2.24) is 9.88 Å². The van der Waals surface area contributed by atoms with Gasteiger partial charge in [-0.25, -0.2) is 0 Å². The third kappa shape index (κ3) is 3.03. The van der Waals surface area contributed by atoms with Crippen molar-refractivity contribution in [3.8, 4) is 0 Å². The van der Waals surface area contributed by atoms with Crippen LogP contribution >= 0.6 is 0 Å². The molecule has 1 saturated heterocycles. The van der Waals surface area contributed by atoms with Gasteiger partial charge in [0.1, 0.15) is 0 Å². The van der Waals surface area contributed by atoms with Crippen molar-refractivity contribution in [3.63, 3.8) is 0 Å². The smallest absolute Gasteiger partial charge is 0.227 e. The van der Waals surface area contributed by atoms with Crippen molar-refractivity contribution < 1.29 is 9.59 Å². The van der Waals surface area contributed by atoms with E-state index in [4.69, 9.17) is 0 Å². The number of aromatic nitrogens is 1. The average Bonchev–Trinajstić information content (AvgIpc) is 3.29. The second kappa shape index (κ2) is 6.79. The molecule has 4 nitrogen and oxygen atoms in total. The Bertz CT molecular complexity index is 956. The molecule has 1 N–H and O–H groups in total. The Morgan fingerprint density at radius 2 is 1.88 bits per heavy atom. The minimum absolute atomic E-state index is 0.0257. The lowest BCUT2D eigenvalue weighted by Crippen LogP contribution is -2.41. The summed E-state index contributed by atoms with van der Waals surface area (Å²) in [4.78, 5) is 30.8. The first-order valence-corrected chi connectivity index (χ1v) is 9.09. The second-order valence-electron chi connectivity index (χ2n) is 7.01. The van der Waals surface area contributed by atoms with Gasteiger partial charge in [-0.2, -0.15) is 0 Å². The number of likely N-dealkylation sites (tertiary alicyclic amines) is 1. The highest BCUT2D eigenvalue weighted by Gasteiger charge is 2.34. The highest BCUT2D eigenvalue weighted by Crippen LogP contribution is 2.24. The zero-order chi connectivity index (χ0) is 18.1. The number of aryl methyl sites for hydroxylation is 1. The van der Waals surface area contributed by atoms with Crippen molar-refractivity contribution in [2.75, 3.05) is 6.54 Å². The fraction of sp³-hybridized carbons (Fsp3) is 0.273. The first-order chi connectivity index (χ1) is 12.6. The third-order valence-corrected chi connectivity index (χ3v) is 5.23. The number of rotatable bonds is 4. The molecule has 0 aliphatic carbocycles. The minimum Gasteiger partial charge on any atom is -0.361 e. The van der Waals surface area contributed by atoms with E-state index < -0.39 is 0 Å². The molecule has 1 fully saturated rings. The fourth-order valence-electron chi connectivity index (χ4n) is 3.79. The van der Waals surface area contributed by atoms with Crippen molar-refractivity contribution in [2.24, 2.45) is 0 Å². The lowest BCUT2D eigenvalue weighted by molar-refractivity contribution is -0.130. The maximum atomic E-state index is 12.9. The highest BCUT2D eigenvalue weighted by atomic mass is 16.2. The van der Waals surface area contributed by atoms with Gasteiger partial charge in [-0.15, -0.1) is 0 Å². The van der Waals surface area contributed by atoms with Gasteiger partial charge in [0.05, 0.1) is 12.5 Å². The summed E-state index contributed by atoms with van der Waals surface area (Å²) in [5, 5.41) is 1.07. The van der Waals surface area contributed by atoms with Crippen LogP contribution in [0, 0.1) is 6.92 Å². The lowest BCUT2D eigenvalue weighted by atomic mass is 10.0. The number of amides is 1. The van der Waals surface area contributed by atoms with Gasteiger partial charge in [0, 0.05) is 29.2 Å². The normalized spacial score (nSPS) is 17.0. The molecule has 1 aliphatic heterocycles. The Hall–Kier alpha value is -2.88. The zero-order valence-electron chi connectivity index (χ0n) is 14.9. The monoisotopic (exact) mass is 346 g/mol. The first kappa shape index (κ1) is 16.6. The van der Waals surface area contributed by atoms with E-state index in [-0.39, 0.29) is 17.7 Å². The van der Waals surface area contributed by atoms with E-state index in [1.165, 1.54) is 0 Å². The highest BCUT2D eigenvalue weighted by molar-refractivity contribution is 6.02. The Morgan fingerprint density at radius 3 is 2.69 bits per heavy atom. The van der Waals surface area contributed by atoms with E-state index in [0.29, 0.717) is 18.5 Å². The number of fused-ring (bicyclic) bond motifs is 1. The molecule has 2 aromatic carbocycles. The molecular weight excluding hydrogens is 324 g/mol. The largest absolute Gasteiger partial charge is 0.361 e. The number of hydrogen-bond acceptors (Lipinski definition) is 2. The van der Waals surface area contributed by atoms with Crippen LogP contribution in [0.3, 0.4) is 0 Å². The van der Waals surface area contributed by atoms with E-state index >= 15 is 0 Å². The number of H-pyrrole nitrogens is 1. The van der Waals surface area contributed by atoms with Gasteiger partial charge in [0.2, 0.25) is 5.91 Å². The molecule has 0 saturated carbocycles. The summed E-state index contributed by atoms with van der Waals surface area (Å²) in [5.41, 5.74) is 3.83. The van der Waals surface area contributed by atoms with Crippen molar-refractivity contribution in [2.45, 2.75) is 32.2 Å². The van der Waals surface area contributed by atoms with Crippen molar-refractivity contribution in [3.05, 3.63) is 71.4 Å². The van der Waals surface area contributed by atoms with Crippen molar-refractivity contribution in [1.29, 1.82) is 0 Å². The molecule has 1 aromatic heterocycles. The number of aromatic amines is 1. The summed E-state index contributed by atoms with van der Waals surface area (Å²) in [6.07, 6.45) is 3.84. The summed E-state index contributed by atoms with van der Waals surface area (Å²) in [5.74, 6) is 0.0764. The molecule has 1 unspecified atom stereocenters. The molecule has 2 heterocycles. The van der Waals surface area contributed by atoms with Crippen LogP contribution in [0.4, 0.5) is 0 Å². The standard InChI is InChI=1S/C22H22N2O2/c1-15-8-10-16(11-9-15)22(26)20-7-4-12-24(20)21(25)13-17-14-23-19-6-3-2-5-18(17)19/h2-3,5-6,8-11,14,20,23H,4,7,12-13H2,1H3. The van der Waals surface area contributed by atoms with E-state index in [1.54, 1.807) is 4.90 Å². The number of carbonyl (C=O) groups excluding carboxylic acids is 2. The Balaban J connectivity index is 1.53. The van der Waals surface area contributed by atoms with E-state index in [2.05, 4.69) is 4.98 Å². The predicted octanol–water partition coefficient (Wildman–Crippen LogP) is 3.89. The van der Waals surface area contributed by atoms with Gasteiger partial charge >= 0.3 is 0 Å². The van der Waals surface area contributed by atoms with Gasteiger partial charge in [-0.05, 0) is 31.4 Å². The first-order valence-electron chi connectivity index (χ1n) is 9.09. The van der Waals surface area contributed by atoms with E-state index in [1.807, 2.05) is 61.7 Å². The molecule has 3 aromatic rings. The lowest BCUT2D eigenvalue weighted by Gasteiger charge is -2.24. The number of Topliss-reactive ketones (excluding diaryl/α,β-unsaturated/α-hetero) is 1. The summed E-state index contributed by atoms with van der Waals surface area (Å²) in [7, 11) is 0. The number of hydrogen-bond donors (Lipinski definition) is 1. The number of carbonyl (C=O) groups is 2. The van der Waals surface area contributed by atoms with Crippen LogP contribution in [0.2, 0.25) is 0 Å². The van der Waals surface area contributed by atoms with Crippen LogP contribution in [-0.4, -0.2) is 34.2 Å². The Morgan fingerprint density at radius 1 is 1.12 bits per heavy atom. The molecule has 0 radical (unpaired) electrons. The summed E-state index contributed by atoms with van der Waals surface area (Å²) in [6, 6.07) is 15.2. The van der Waals surface area contributed by atoms with Crippen LogP contribution in [-0.2, 0) is 11.2 Å². The summed E-state index contributed by atoms with van der Waals surface area (Å²) < 4.78 is 0. The van der Waals surface area contributed by atoms with E-state index in [9.17, 15) is 9.59 Å². The molecule has 0 spiro atoms. The quantitative estimate of drug-likeness (QED) is 0.729. The molecule has 1 atom stereocenters. The molecule has 1 aliphatic rings.